The van der Waals surface area contributed by atoms with Crippen molar-refractivity contribution in [3.05, 3.63) is 38.7 Å². The average molecular weight is 476 g/mol. The van der Waals surface area contributed by atoms with Crippen LogP contribution >= 0.6 is 46.5 Å². The molecule has 1 saturated carbocycles. The smallest absolute Gasteiger partial charge is 0.208 e. The van der Waals surface area contributed by atoms with Crippen molar-refractivity contribution in [1.29, 1.82) is 0 Å². The van der Waals surface area contributed by atoms with Crippen LogP contribution in [-0.2, 0) is 0 Å². The van der Waals surface area contributed by atoms with E-state index in [9.17, 15) is 4.79 Å². The van der Waals surface area contributed by atoms with E-state index in [0.29, 0.717) is 31.7 Å². The standard InChI is InChI=1S/C16H17Cl2N3OS.C4H11NS/c17-9-6-7-11(12(18)8-9)13(22)14-15(19)21-16(23-14)20-10-4-2-1-3-5-10;1-4(2)3-6-5/h6-8,10H,1-5,19H2,(H,20,21);4H,3,5H2,1-2H3. The van der Waals surface area contributed by atoms with Gasteiger partial charge in [0.05, 0.1) is 5.02 Å². The highest BCUT2D eigenvalue weighted by Crippen LogP contribution is 2.32. The van der Waals surface area contributed by atoms with E-state index >= 15 is 0 Å². The van der Waals surface area contributed by atoms with Crippen molar-refractivity contribution in [2.45, 2.75) is 52.0 Å². The van der Waals surface area contributed by atoms with Gasteiger partial charge in [-0.05, 0) is 37.0 Å². The topological polar surface area (TPSA) is 94.0 Å². The molecule has 1 aromatic heterocycles. The molecule has 0 spiro atoms. The SMILES string of the molecule is CC(C)CSN.Nc1nc(NC2CCCCC2)sc1C(=O)c1ccc(Cl)cc1Cl. The van der Waals surface area contributed by atoms with Crippen LogP contribution in [0.25, 0.3) is 0 Å². The Labute approximate surface area is 191 Å². The van der Waals surface area contributed by atoms with Crippen LogP contribution in [0.2, 0.25) is 10.0 Å². The summed E-state index contributed by atoms with van der Waals surface area (Å²) >= 11 is 14.7. The lowest BCUT2D eigenvalue weighted by molar-refractivity contribution is 0.104. The maximum absolute atomic E-state index is 12.6. The molecule has 0 saturated heterocycles. The molecule has 5 N–H and O–H groups in total. The molecule has 3 rings (SSSR count). The lowest BCUT2D eigenvalue weighted by Crippen LogP contribution is -2.22. The van der Waals surface area contributed by atoms with E-state index in [4.69, 9.17) is 34.1 Å². The van der Waals surface area contributed by atoms with Gasteiger partial charge in [-0.3, -0.25) is 9.93 Å². The Morgan fingerprint density at radius 3 is 2.55 bits per heavy atom. The number of nitrogens with two attached hydrogens (primary N) is 2. The number of nitrogens with zero attached hydrogens (tertiary/aromatic N) is 1. The molecule has 2 aromatic rings. The van der Waals surface area contributed by atoms with Crippen LogP contribution in [0.4, 0.5) is 10.9 Å². The van der Waals surface area contributed by atoms with Gasteiger partial charge in [-0.2, -0.15) is 0 Å². The van der Waals surface area contributed by atoms with Crippen molar-refractivity contribution in [1.82, 2.24) is 4.98 Å². The fourth-order valence-electron chi connectivity index (χ4n) is 2.97. The molecule has 1 aliphatic carbocycles. The predicted molar refractivity (Wildman–Crippen MR) is 128 cm³/mol. The average Bonchev–Trinajstić information content (AvgIpc) is 3.02. The van der Waals surface area contributed by atoms with Gasteiger partial charge in [-0.15, -0.1) is 0 Å². The second kappa shape index (κ2) is 12.0. The van der Waals surface area contributed by atoms with Crippen molar-refractivity contribution in [2.75, 3.05) is 16.8 Å². The number of nitrogens with one attached hydrogen (secondary N) is 1. The number of halogens is 2. The van der Waals surface area contributed by atoms with Gasteiger partial charge in [0.1, 0.15) is 10.7 Å². The van der Waals surface area contributed by atoms with Crippen LogP contribution in [0.5, 0.6) is 0 Å². The summed E-state index contributed by atoms with van der Waals surface area (Å²) in [6.07, 6.45) is 6.00. The van der Waals surface area contributed by atoms with E-state index < -0.39 is 0 Å². The minimum atomic E-state index is -0.224. The summed E-state index contributed by atoms with van der Waals surface area (Å²) < 4.78 is 0. The van der Waals surface area contributed by atoms with Crippen LogP contribution in [0.3, 0.4) is 0 Å². The normalized spacial score (nSPS) is 14.4. The lowest BCUT2D eigenvalue weighted by Gasteiger charge is -2.22. The van der Waals surface area contributed by atoms with Crippen LogP contribution in [0.15, 0.2) is 18.2 Å². The molecule has 0 aliphatic heterocycles. The Kier molecular flexibility index (Phi) is 10.1. The number of aromatic nitrogens is 1. The highest BCUT2D eigenvalue weighted by molar-refractivity contribution is 7.97. The Bertz CT molecular complexity index is 808. The van der Waals surface area contributed by atoms with E-state index in [2.05, 4.69) is 24.1 Å². The third kappa shape index (κ3) is 7.64. The summed E-state index contributed by atoms with van der Waals surface area (Å²) in [6.45, 7) is 4.31. The summed E-state index contributed by atoms with van der Waals surface area (Å²) in [5.74, 6) is 1.82. The third-order valence-electron chi connectivity index (χ3n) is 4.40. The summed E-state index contributed by atoms with van der Waals surface area (Å²) in [7, 11) is 0. The molecule has 1 aliphatic rings. The second-order valence-corrected chi connectivity index (χ2v) is 9.90. The number of nitrogen functional groups attached to an aromatic ring is 1. The quantitative estimate of drug-likeness (QED) is 0.337. The molecule has 0 atom stereocenters. The highest BCUT2D eigenvalue weighted by atomic mass is 35.5. The number of hydrogen-bond donors (Lipinski definition) is 3. The van der Waals surface area contributed by atoms with Crippen LogP contribution in [-0.4, -0.2) is 22.6 Å². The molecule has 9 heteroatoms. The summed E-state index contributed by atoms with van der Waals surface area (Å²) in [4.78, 5) is 17.3. The van der Waals surface area contributed by atoms with E-state index in [1.807, 2.05) is 0 Å². The molecule has 1 aromatic carbocycles. The van der Waals surface area contributed by atoms with Crippen molar-refractivity contribution in [3.8, 4) is 0 Å². The van der Waals surface area contributed by atoms with E-state index in [1.165, 1.54) is 42.5 Å². The number of carbonyl (C=O) groups is 1. The summed E-state index contributed by atoms with van der Waals surface area (Å²) in [5.41, 5.74) is 6.32. The first-order valence-electron chi connectivity index (χ1n) is 9.66. The van der Waals surface area contributed by atoms with Crippen molar-refractivity contribution < 1.29 is 4.79 Å². The number of rotatable bonds is 6. The zero-order valence-electron chi connectivity index (χ0n) is 16.7. The maximum atomic E-state index is 12.6. The van der Waals surface area contributed by atoms with Crippen LogP contribution in [0.1, 0.15) is 61.2 Å². The van der Waals surface area contributed by atoms with E-state index in [0.717, 1.165) is 24.5 Å². The van der Waals surface area contributed by atoms with Gasteiger partial charge >= 0.3 is 0 Å². The number of ketones is 1. The largest absolute Gasteiger partial charge is 0.382 e. The Morgan fingerprint density at radius 1 is 1.31 bits per heavy atom. The summed E-state index contributed by atoms with van der Waals surface area (Å²) in [5, 5.41) is 10.0. The molecule has 29 heavy (non-hydrogen) atoms. The fraction of sp³-hybridized carbons (Fsp3) is 0.500. The van der Waals surface area contributed by atoms with Gasteiger partial charge in [0.15, 0.2) is 5.13 Å². The highest BCUT2D eigenvalue weighted by Gasteiger charge is 2.22. The van der Waals surface area contributed by atoms with Gasteiger partial charge in [0.25, 0.3) is 0 Å². The minimum Gasteiger partial charge on any atom is -0.382 e. The van der Waals surface area contributed by atoms with Crippen LogP contribution in [0, 0.1) is 5.92 Å². The number of hydrogen-bond acceptors (Lipinski definition) is 7. The zero-order chi connectivity index (χ0) is 21.4. The van der Waals surface area contributed by atoms with Crippen LogP contribution < -0.4 is 16.2 Å². The molecular weight excluding hydrogens is 447 g/mol. The molecule has 0 unspecified atom stereocenters. The minimum absolute atomic E-state index is 0.224. The number of anilines is 2. The van der Waals surface area contributed by atoms with Gasteiger partial charge < -0.3 is 11.1 Å². The second-order valence-electron chi connectivity index (χ2n) is 7.39. The number of benzene rings is 1. The summed E-state index contributed by atoms with van der Waals surface area (Å²) in [6, 6.07) is 5.21. The molecule has 0 radical (unpaired) electrons. The molecule has 1 fully saturated rings. The van der Waals surface area contributed by atoms with E-state index in [-0.39, 0.29) is 11.6 Å². The molecule has 5 nitrogen and oxygen atoms in total. The van der Waals surface area contributed by atoms with Crippen molar-refractivity contribution >= 4 is 63.2 Å². The Morgan fingerprint density at radius 2 is 2.00 bits per heavy atom. The Balaban J connectivity index is 0.000000438. The maximum Gasteiger partial charge on any atom is 0.208 e. The third-order valence-corrected chi connectivity index (χ3v) is 6.81. The van der Waals surface area contributed by atoms with Crippen molar-refractivity contribution in [2.24, 2.45) is 11.1 Å². The first kappa shape index (κ1) is 24.3. The molecule has 1 heterocycles. The zero-order valence-corrected chi connectivity index (χ0v) is 19.9. The first-order valence-corrected chi connectivity index (χ1v) is 12.3. The number of carbonyl (C=O) groups excluding carboxylic acids is 1. The Hall–Kier alpha value is -0.990. The number of thiazole rings is 1. The molecule has 0 bridgehead atoms. The van der Waals surface area contributed by atoms with Gasteiger partial charge in [-0.1, -0.05) is 79.6 Å². The predicted octanol–water partition coefficient (Wildman–Crippen LogP) is 6.26. The lowest BCUT2D eigenvalue weighted by atomic mass is 9.96. The van der Waals surface area contributed by atoms with Gasteiger partial charge in [0, 0.05) is 22.4 Å². The molecule has 0 amide bonds. The fourth-order valence-corrected chi connectivity index (χ4v) is 4.76. The van der Waals surface area contributed by atoms with Crippen molar-refractivity contribution in [3.63, 3.8) is 0 Å². The monoisotopic (exact) mass is 474 g/mol. The van der Waals surface area contributed by atoms with Gasteiger partial charge in [0.2, 0.25) is 5.78 Å². The van der Waals surface area contributed by atoms with Gasteiger partial charge in [-0.25, -0.2) is 4.98 Å². The molecule has 160 valence electrons. The molecular formula is C20H28Cl2N4OS2. The van der Waals surface area contributed by atoms with E-state index in [1.54, 1.807) is 18.2 Å². The first-order chi connectivity index (χ1) is 13.8.